The van der Waals surface area contributed by atoms with E-state index in [1.165, 1.54) is 57.8 Å². The van der Waals surface area contributed by atoms with Crippen molar-refractivity contribution in [2.75, 3.05) is 0 Å². The van der Waals surface area contributed by atoms with Gasteiger partial charge in [-0.05, 0) is 97.7 Å². The van der Waals surface area contributed by atoms with Crippen LogP contribution in [0.15, 0.2) is 11.6 Å². The first-order valence-corrected chi connectivity index (χ1v) is 12.6. The first-order valence-electron chi connectivity index (χ1n) is 12.6. The fourth-order valence-electron chi connectivity index (χ4n) is 8.67. The minimum absolute atomic E-state index is 0. The van der Waals surface area contributed by atoms with Crippen molar-refractivity contribution in [3.63, 3.8) is 0 Å². The standard InChI is InChI=1S/C27H46O.Ca.2H/c1-18(2)7-6-8-19(3)23-11-12-24-22-10-9-20-17-21(28)13-15-26(20,4)25(22)14-16-27(23,24)5;;;/h9,18-19,21-25,28H,6-8,10-17H2,1-5H3;;;/q;+2;2*-1/t19-,21+,22+,23-,24+,25+,26+,27-;;;/m1.../s1. The molecule has 0 heterocycles. The van der Waals surface area contributed by atoms with Gasteiger partial charge in [0.2, 0.25) is 0 Å². The number of hydrogen-bond acceptors (Lipinski definition) is 1. The third-order valence-electron chi connectivity index (χ3n) is 10.3. The van der Waals surface area contributed by atoms with Gasteiger partial charge < -0.3 is 7.96 Å². The molecule has 0 saturated heterocycles. The molecule has 164 valence electrons. The molecule has 0 aromatic rings. The summed E-state index contributed by atoms with van der Waals surface area (Å²) in [5.41, 5.74) is 2.60. The number of allylic oxidation sites excluding steroid dienone is 1. The minimum atomic E-state index is -0.0766. The summed E-state index contributed by atoms with van der Waals surface area (Å²) in [7, 11) is 0. The normalized spacial score (nSPS) is 44.9. The third kappa shape index (κ3) is 4.43. The molecule has 0 amide bonds. The Morgan fingerprint density at radius 3 is 2.52 bits per heavy atom. The molecule has 0 bridgehead atoms. The van der Waals surface area contributed by atoms with E-state index in [1.54, 1.807) is 5.57 Å². The van der Waals surface area contributed by atoms with E-state index in [0.717, 1.165) is 48.3 Å². The number of aliphatic hydroxyl groups excluding tert-OH is 1. The molecule has 4 aliphatic carbocycles. The molecule has 2 heteroatoms. The molecule has 0 aromatic carbocycles. The van der Waals surface area contributed by atoms with Gasteiger partial charge in [0.15, 0.2) is 0 Å². The molecule has 1 nitrogen and oxygen atoms in total. The van der Waals surface area contributed by atoms with Crippen LogP contribution in [0.25, 0.3) is 0 Å². The van der Waals surface area contributed by atoms with E-state index in [-0.39, 0.29) is 46.7 Å². The zero-order valence-electron chi connectivity index (χ0n) is 22.1. The van der Waals surface area contributed by atoms with E-state index in [1.807, 2.05) is 0 Å². The summed E-state index contributed by atoms with van der Waals surface area (Å²) in [6.45, 7) is 12.6. The molecule has 29 heavy (non-hydrogen) atoms. The summed E-state index contributed by atoms with van der Waals surface area (Å²) in [4.78, 5) is 0. The Balaban J connectivity index is 0.00000160. The second-order valence-electron chi connectivity index (χ2n) is 12.2. The van der Waals surface area contributed by atoms with Gasteiger partial charge in [-0.3, -0.25) is 0 Å². The summed E-state index contributed by atoms with van der Waals surface area (Å²) in [5.74, 6) is 5.46. The van der Waals surface area contributed by atoms with Crippen molar-refractivity contribution in [2.45, 2.75) is 111 Å². The summed E-state index contributed by atoms with van der Waals surface area (Å²) in [6.07, 6.45) is 17.2. The molecule has 1 N–H and O–H groups in total. The van der Waals surface area contributed by atoms with Gasteiger partial charge in [-0.2, -0.15) is 0 Å². The molecule has 0 spiro atoms. The van der Waals surface area contributed by atoms with Gasteiger partial charge in [-0.15, -0.1) is 0 Å². The second kappa shape index (κ2) is 9.44. The molecule has 3 saturated carbocycles. The zero-order chi connectivity index (χ0) is 20.1. The largest absolute Gasteiger partial charge is 2.00 e. The van der Waals surface area contributed by atoms with Crippen molar-refractivity contribution >= 4 is 37.7 Å². The monoisotopic (exact) mass is 428 g/mol. The summed E-state index contributed by atoms with van der Waals surface area (Å²) in [6, 6.07) is 0. The Morgan fingerprint density at radius 2 is 1.79 bits per heavy atom. The summed E-state index contributed by atoms with van der Waals surface area (Å²) < 4.78 is 0. The van der Waals surface area contributed by atoms with Crippen LogP contribution in [-0.4, -0.2) is 48.9 Å². The van der Waals surface area contributed by atoms with Crippen LogP contribution >= 0.6 is 0 Å². The third-order valence-corrected chi connectivity index (χ3v) is 10.3. The molecule has 8 atom stereocenters. The predicted molar refractivity (Wildman–Crippen MR) is 127 cm³/mol. The van der Waals surface area contributed by atoms with Crippen LogP contribution in [0.3, 0.4) is 0 Å². The van der Waals surface area contributed by atoms with Crippen LogP contribution in [0.1, 0.15) is 108 Å². The van der Waals surface area contributed by atoms with Gasteiger partial charge in [-0.25, -0.2) is 0 Å². The van der Waals surface area contributed by atoms with Gasteiger partial charge in [0.25, 0.3) is 0 Å². The Hall–Kier alpha value is 0.960. The maximum Gasteiger partial charge on any atom is 2.00 e. The maximum absolute atomic E-state index is 10.2. The summed E-state index contributed by atoms with van der Waals surface area (Å²) >= 11 is 0. The molecule has 0 unspecified atom stereocenters. The Kier molecular flexibility index (Phi) is 8.01. The summed E-state index contributed by atoms with van der Waals surface area (Å²) in [5, 5.41) is 10.2. The van der Waals surface area contributed by atoms with E-state index in [4.69, 9.17) is 0 Å². The Morgan fingerprint density at radius 1 is 1.03 bits per heavy atom. The van der Waals surface area contributed by atoms with Crippen molar-refractivity contribution in [1.82, 2.24) is 0 Å². The second-order valence-corrected chi connectivity index (χ2v) is 12.2. The van der Waals surface area contributed by atoms with Crippen molar-refractivity contribution < 1.29 is 7.96 Å². The van der Waals surface area contributed by atoms with Crippen LogP contribution < -0.4 is 0 Å². The van der Waals surface area contributed by atoms with Gasteiger partial charge in [0.1, 0.15) is 0 Å². The van der Waals surface area contributed by atoms with Gasteiger partial charge >= 0.3 is 37.7 Å². The van der Waals surface area contributed by atoms with E-state index < -0.39 is 0 Å². The Labute approximate surface area is 213 Å². The van der Waals surface area contributed by atoms with Crippen LogP contribution in [0.5, 0.6) is 0 Å². The van der Waals surface area contributed by atoms with Crippen LogP contribution in [0, 0.1) is 46.3 Å². The maximum atomic E-state index is 10.2. The zero-order valence-corrected chi connectivity index (χ0v) is 22.3. The average molecular weight is 429 g/mol. The molecule has 0 aliphatic heterocycles. The van der Waals surface area contributed by atoms with E-state index in [0.29, 0.717) is 10.8 Å². The molecule has 3 fully saturated rings. The van der Waals surface area contributed by atoms with Crippen LogP contribution in [0.2, 0.25) is 0 Å². The molecule has 4 rings (SSSR count). The topological polar surface area (TPSA) is 20.2 Å². The number of fused-ring (bicyclic) bond motifs is 5. The molecule has 0 aromatic heterocycles. The van der Waals surface area contributed by atoms with E-state index in [9.17, 15) is 5.11 Å². The SMILES string of the molecule is CC(C)CCC[C@@H](C)[C@H]1CC[C@H]2[C@@H]3CC=C4C[C@@H](O)CC[C@]4(C)[C@H]3CC[C@]12C.[Ca+2].[H-].[H-]. The molecule has 0 radical (unpaired) electrons. The fourth-order valence-corrected chi connectivity index (χ4v) is 8.67. The van der Waals surface area contributed by atoms with Gasteiger partial charge in [0, 0.05) is 0 Å². The van der Waals surface area contributed by atoms with Crippen LogP contribution in [-0.2, 0) is 0 Å². The van der Waals surface area contributed by atoms with Crippen molar-refractivity contribution in [3.8, 4) is 0 Å². The minimum Gasteiger partial charge on any atom is -1.00 e. The van der Waals surface area contributed by atoms with Gasteiger partial charge in [0.05, 0.1) is 6.10 Å². The average Bonchev–Trinajstić information content (AvgIpc) is 2.99. The first kappa shape index (κ1) is 24.6. The van der Waals surface area contributed by atoms with Crippen LogP contribution in [0.4, 0.5) is 0 Å². The van der Waals surface area contributed by atoms with Crippen molar-refractivity contribution in [2.24, 2.45) is 46.3 Å². The first-order chi connectivity index (χ1) is 13.3. The van der Waals surface area contributed by atoms with Crippen molar-refractivity contribution in [3.05, 3.63) is 11.6 Å². The molecule has 4 aliphatic rings. The quantitative estimate of drug-likeness (QED) is 0.361. The van der Waals surface area contributed by atoms with Crippen molar-refractivity contribution in [1.29, 1.82) is 0 Å². The van der Waals surface area contributed by atoms with Gasteiger partial charge in [-0.1, -0.05) is 65.5 Å². The molecular formula is C27H48CaO. The Bertz CT molecular complexity index is 608. The number of hydrogen-bond donors (Lipinski definition) is 1. The number of aliphatic hydroxyl groups is 1. The van der Waals surface area contributed by atoms with E-state index >= 15 is 0 Å². The van der Waals surface area contributed by atoms with E-state index in [2.05, 4.69) is 40.7 Å². The molecular weight excluding hydrogens is 380 g/mol. The smallest absolute Gasteiger partial charge is 1.00 e. The number of rotatable bonds is 5. The fraction of sp³-hybridized carbons (Fsp3) is 0.926. The predicted octanol–water partition coefficient (Wildman–Crippen LogP) is 7.23.